The molecular formula is C21H18ClF6N3O3. The van der Waals surface area contributed by atoms with Crippen molar-refractivity contribution in [2.75, 3.05) is 29.9 Å². The zero-order valence-electron chi connectivity index (χ0n) is 17.3. The standard InChI is InChI=1S/C21H18ClF6N3O3/c22-14-2-3-16(15(9-14)21(26,27)28)30-18(32)11-34-19(33)12-5-7-31(8-6-12)17-4-1-13(10-29-17)20(23,24)25/h1-4,9-10,12H,5-8,11H2,(H,30,32). The summed E-state index contributed by atoms with van der Waals surface area (Å²) in [6, 6.07) is 5.01. The lowest BCUT2D eigenvalue weighted by Crippen LogP contribution is -2.38. The summed E-state index contributed by atoms with van der Waals surface area (Å²) in [6.07, 6.45) is -7.90. The van der Waals surface area contributed by atoms with Crippen molar-refractivity contribution in [2.45, 2.75) is 25.2 Å². The van der Waals surface area contributed by atoms with Crippen molar-refractivity contribution in [2.24, 2.45) is 5.92 Å². The molecular weight excluding hydrogens is 492 g/mol. The van der Waals surface area contributed by atoms with Crippen molar-refractivity contribution < 1.29 is 40.7 Å². The summed E-state index contributed by atoms with van der Waals surface area (Å²) in [5.41, 5.74) is -2.52. The topological polar surface area (TPSA) is 71.5 Å². The fourth-order valence-electron chi connectivity index (χ4n) is 3.39. The lowest BCUT2D eigenvalue weighted by atomic mass is 9.97. The molecule has 1 aliphatic heterocycles. The van der Waals surface area contributed by atoms with Crippen LogP contribution < -0.4 is 10.2 Å². The molecule has 1 amide bonds. The molecule has 0 atom stereocenters. The maximum atomic E-state index is 13.1. The Balaban J connectivity index is 1.49. The number of nitrogens with zero attached hydrogens (tertiary/aromatic N) is 2. The van der Waals surface area contributed by atoms with Gasteiger partial charge in [-0.15, -0.1) is 0 Å². The van der Waals surface area contributed by atoms with Crippen LogP contribution in [0.15, 0.2) is 36.5 Å². The molecule has 1 saturated heterocycles. The van der Waals surface area contributed by atoms with Crippen molar-refractivity contribution in [3.8, 4) is 0 Å². The van der Waals surface area contributed by atoms with Gasteiger partial charge in [0.1, 0.15) is 5.82 Å². The van der Waals surface area contributed by atoms with E-state index in [-0.39, 0.29) is 5.02 Å². The fraction of sp³-hybridized carbons (Fsp3) is 0.381. The van der Waals surface area contributed by atoms with Crippen LogP contribution in [-0.4, -0.2) is 36.6 Å². The van der Waals surface area contributed by atoms with E-state index in [0.29, 0.717) is 37.8 Å². The molecule has 1 aromatic heterocycles. The predicted octanol–water partition coefficient (Wildman–Crippen LogP) is 5.17. The summed E-state index contributed by atoms with van der Waals surface area (Å²) in [4.78, 5) is 29.8. The van der Waals surface area contributed by atoms with Crippen molar-refractivity contribution in [1.29, 1.82) is 0 Å². The van der Waals surface area contributed by atoms with E-state index in [4.69, 9.17) is 16.3 Å². The van der Waals surface area contributed by atoms with E-state index in [1.807, 2.05) is 0 Å². The number of nitrogens with one attached hydrogen (secondary N) is 1. The Bertz CT molecular complexity index is 1040. The molecule has 184 valence electrons. The van der Waals surface area contributed by atoms with Crippen LogP contribution in [0.1, 0.15) is 24.0 Å². The van der Waals surface area contributed by atoms with Gasteiger partial charge in [-0.25, -0.2) is 4.98 Å². The summed E-state index contributed by atoms with van der Waals surface area (Å²) < 4.78 is 82.2. The van der Waals surface area contributed by atoms with Crippen LogP contribution in [0.2, 0.25) is 5.02 Å². The number of anilines is 2. The smallest absolute Gasteiger partial charge is 0.418 e. The maximum Gasteiger partial charge on any atom is 0.418 e. The molecule has 34 heavy (non-hydrogen) atoms. The molecule has 1 aromatic carbocycles. The lowest BCUT2D eigenvalue weighted by Gasteiger charge is -2.31. The van der Waals surface area contributed by atoms with Gasteiger partial charge in [0.05, 0.1) is 22.7 Å². The highest BCUT2D eigenvalue weighted by Crippen LogP contribution is 2.36. The average Bonchev–Trinajstić information content (AvgIpc) is 2.77. The Morgan fingerprint density at radius 2 is 1.74 bits per heavy atom. The van der Waals surface area contributed by atoms with Gasteiger partial charge in [0, 0.05) is 24.3 Å². The highest BCUT2D eigenvalue weighted by molar-refractivity contribution is 6.30. The zero-order chi connectivity index (χ0) is 25.1. The van der Waals surface area contributed by atoms with Gasteiger partial charge in [-0.3, -0.25) is 9.59 Å². The number of hydrogen-bond acceptors (Lipinski definition) is 5. The van der Waals surface area contributed by atoms with Crippen LogP contribution >= 0.6 is 11.6 Å². The molecule has 0 bridgehead atoms. The summed E-state index contributed by atoms with van der Waals surface area (Å²) in [5, 5.41) is 1.90. The third kappa shape index (κ3) is 6.52. The molecule has 3 rings (SSSR count). The van der Waals surface area contributed by atoms with Gasteiger partial charge < -0.3 is 15.0 Å². The van der Waals surface area contributed by atoms with E-state index in [0.717, 1.165) is 18.3 Å². The van der Waals surface area contributed by atoms with E-state index in [1.54, 1.807) is 4.90 Å². The van der Waals surface area contributed by atoms with Gasteiger partial charge in [0.2, 0.25) is 0 Å². The van der Waals surface area contributed by atoms with E-state index in [2.05, 4.69) is 10.3 Å². The van der Waals surface area contributed by atoms with Crippen molar-refractivity contribution >= 4 is 35.0 Å². The van der Waals surface area contributed by atoms with Crippen LogP contribution in [0, 0.1) is 5.92 Å². The minimum Gasteiger partial charge on any atom is -0.455 e. The maximum absolute atomic E-state index is 13.1. The normalized spacial score (nSPS) is 15.2. The summed E-state index contributed by atoms with van der Waals surface area (Å²) >= 11 is 5.59. The molecule has 0 radical (unpaired) electrons. The minimum absolute atomic E-state index is 0.158. The number of piperidine rings is 1. The Morgan fingerprint density at radius 3 is 2.29 bits per heavy atom. The second kappa shape index (κ2) is 10.1. The van der Waals surface area contributed by atoms with Gasteiger partial charge in [0.15, 0.2) is 6.61 Å². The zero-order valence-corrected chi connectivity index (χ0v) is 18.1. The second-order valence-corrected chi connectivity index (χ2v) is 7.94. The molecule has 1 N–H and O–H groups in total. The molecule has 0 aliphatic carbocycles. The number of carbonyl (C=O) groups excluding carboxylic acids is 2. The number of ether oxygens (including phenoxy) is 1. The van der Waals surface area contributed by atoms with Crippen LogP contribution in [0.4, 0.5) is 37.8 Å². The molecule has 0 saturated carbocycles. The number of esters is 1. The van der Waals surface area contributed by atoms with Gasteiger partial charge in [-0.05, 0) is 43.2 Å². The molecule has 0 unspecified atom stereocenters. The number of aromatic nitrogens is 1. The quantitative estimate of drug-likeness (QED) is 0.445. The fourth-order valence-corrected chi connectivity index (χ4v) is 3.56. The van der Waals surface area contributed by atoms with Gasteiger partial charge in [-0.1, -0.05) is 11.6 Å². The largest absolute Gasteiger partial charge is 0.455 e. The van der Waals surface area contributed by atoms with Crippen molar-refractivity contribution in [3.05, 3.63) is 52.7 Å². The minimum atomic E-state index is -4.75. The van der Waals surface area contributed by atoms with Gasteiger partial charge in [-0.2, -0.15) is 26.3 Å². The number of rotatable bonds is 5. The monoisotopic (exact) mass is 509 g/mol. The van der Waals surface area contributed by atoms with Crippen molar-refractivity contribution in [1.82, 2.24) is 4.98 Å². The molecule has 2 heterocycles. The number of benzene rings is 1. The predicted molar refractivity (Wildman–Crippen MR) is 110 cm³/mol. The second-order valence-electron chi connectivity index (χ2n) is 7.51. The Labute approximate surface area is 194 Å². The first-order valence-corrected chi connectivity index (χ1v) is 10.3. The van der Waals surface area contributed by atoms with Crippen LogP contribution in [0.5, 0.6) is 0 Å². The van der Waals surface area contributed by atoms with E-state index >= 15 is 0 Å². The first-order valence-electron chi connectivity index (χ1n) is 9.96. The Morgan fingerprint density at radius 1 is 1.06 bits per heavy atom. The summed E-state index contributed by atoms with van der Waals surface area (Å²) in [7, 11) is 0. The first kappa shape index (κ1) is 25.6. The van der Waals surface area contributed by atoms with Crippen LogP contribution in [0.3, 0.4) is 0 Å². The Hall–Kier alpha value is -3.02. The van der Waals surface area contributed by atoms with Crippen molar-refractivity contribution in [3.63, 3.8) is 0 Å². The molecule has 2 aromatic rings. The number of hydrogen-bond donors (Lipinski definition) is 1. The molecule has 6 nitrogen and oxygen atoms in total. The van der Waals surface area contributed by atoms with Gasteiger partial charge in [0.25, 0.3) is 5.91 Å². The number of amides is 1. The molecule has 1 aliphatic rings. The summed E-state index contributed by atoms with van der Waals surface area (Å²) in [5.74, 6) is -1.88. The van der Waals surface area contributed by atoms with Crippen LogP contribution in [0.25, 0.3) is 0 Å². The molecule has 1 fully saturated rings. The van der Waals surface area contributed by atoms with Gasteiger partial charge >= 0.3 is 18.3 Å². The third-order valence-electron chi connectivity index (χ3n) is 5.13. The van der Waals surface area contributed by atoms with E-state index in [9.17, 15) is 35.9 Å². The number of carbonyl (C=O) groups is 2. The average molecular weight is 510 g/mol. The van der Waals surface area contributed by atoms with E-state index in [1.165, 1.54) is 12.1 Å². The molecule has 0 spiro atoms. The SMILES string of the molecule is O=C(COC(=O)C1CCN(c2ccc(C(F)(F)F)cn2)CC1)Nc1ccc(Cl)cc1C(F)(F)F. The molecule has 13 heteroatoms. The first-order chi connectivity index (χ1) is 15.8. The number of halogens is 7. The lowest BCUT2D eigenvalue weighted by molar-refractivity contribution is -0.152. The third-order valence-corrected chi connectivity index (χ3v) is 5.37. The number of alkyl halides is 6. The highest BCUT2D eigenvalue weighted by Gasteiger charge is 2.35. The van der Waals surface area contributed by atoms with E-state index < -0.39 is 53.6 Å². The summed E-state index contributed by atoms with van der Waals surface area (Å²) in [6.45, 7) is -0.131. The van der Waals surface area contributed by atoms with Crippen LogP contribution in [-0.2, 0) is 26.7 Å². The Kier molecular flexibility index (Phi) is 7.59. The number of pyridine rings is 1. The highest BCUT2D eigenvalue weighted by atomic mass is 35.5.